The summed E-state index contributed by atoms with van der Waals surface area (Å²) in [5, 5.41) is 21.6. The van der Waals surface area contributed by atoms with Crippen molar-refractivity contribution in [2.75, 3.05) is 12.0 Å². The van der Waals surface area contributed by atoms with Crippen LogP contribution in [-0.2, 0) is 29.4 Å². The molecule has 49 heavy (non-hydrogen) atoms. The second-order valence-corrected chi connectivity index (χ2v) is 13.3. The Morgan fingerprint density at radius 2 is 1.65 bits per heavy atom. The number of halogens is 3. The number of fused-ring (bicyclic) bond motifs is 4. The normalized spacial score (nSPS) is 27.5. The van der Waals surface area contributed by atoms with Gasteiger partial charge in [0.15, 0.2) is 11.6 Å². The molecule has 0 radical (unpaired) electrons. The maximum Gasteiger partial charge on any atom is 0.303 e. The van der Waals surface area contributed by atoms with Crippen molar-refractivity contribution in [3.05, 3.63) is 106 Å². The van der Waals surface area contributed by atoms with Crippen molar-refractivity contribution in [1.82, 2.24) is 9.91 Å². The maximum absolute atomic E-state index is 15.2. The van der Waals surface area contributed by atoms with Gasteiger partial charge in [-0.2, -0.15) is 5.01 Å². The Bertz CT molecular complexity index is 1940. The number of aromatic hydroxyl groups is 1. The number of imide groups is 2. The molecule has 4 aliphatic rings. The van der Waals surface area contributed by atoms with E-state index in [0.717, 1.165) is 28.1 Å². The number of likely N-dealkylation sites (tertiary alicyclic amines) is 1. The number of carboxylic acids is 1. The zero-order valence-electron chi connectivity index (χ0n) is 25.8. The van der Waals surface area contributed by atoms with Gasteiger partial charge in [-0.15, -0.1) is 0 Å². The summed E-state index contributed by atoms with van der Waals surface area (Å²) in [6, 6.07) is 15.3. The number of carbonyl (C=O) groups is 5. The van der Waals surface area contributed by atoms with Crippen LogP contribution in [0.3, 0.4) is 0 Å². The van der Waals surface area contributed by atoms with Gasteiger partial charge in [0, 0.05) is 29.5 Å². The number of phenols is 1. The smallest absolute Gasteiger partial charge is 0.303 e. The van der Waals surface area contributed by atoms with Crippen molar-refractivity contribution in [1.29, 1.82) is 0 Å². The lowest BCUT2D eigenvalue weighted by Gasteiger charge is -2.50. The number of para-hydroxylation sites is 1. The van der Waals surface area contributed by atoms with E-state index in [1.165, 1.54) is 24.3 Å². The van der Waals surface area contributed by atoms with E-state index < -0.39 is 82.0 Å². The number of hydrazine groups is 1. The van der Waals surface area contributed by atoms with Gasteiger partial charge in [-0.3, -0.25) is 34.3 Å². The third-order valence-electron chi connectivity index (χ3n) is 10.4. The van der Waals surface area contributed by atoms with Crippen LogP contribution in [-0.4, -0.2) is 56.3 Å². The van der Waals surface area contributed by atoms with Crippen molar-refractivity contribution in [3.8, 4) is 5.75 Å². The summed E-state index contributed by atoms with van der Waals surface area (Å²) in [4.78, 5) is 69.3. The van der Waals surface area contributed by atoms with Crippen LogP contribution in [0.4, 0.5) is 14.5 Å². The summed E-state index contributed by atoms with van der Waals surface area (Å²) in [6.07, 6.45) is 1.64. The second-order valence-electron chi connectivity index (χ2n) is 12.9. The first-order valence-electron chi connectivity index (χ1n) is 15.9. The minimum atomic E-state index is -1.78. The summed E-state index contributed by atoms with van der Waals surface area (Å²) in [5.74, 6) is -10.4. The number of hydrogen-bond donors (Lipinski definition) is 3. The molecule has 4 amide bonds. The summed E-state index contributed by atoms with van der Waals surface area (Å²) in [6.45, 7) is -0.0853. The van der Waals surface area contributed by atoms with Gasteiger partial charge in [0.2, 0.25) is 11.8 Å². The summed E-state index contributed by atoms with van der Waals surface area (Å²) in [7, 11) is 0. The van der Waals surface area contributed by atoms with E-state index in [4.69, 9.17) is 16.7 Å². The van der Waals surface area contributed by atoms with E-state index >= 15 is 9.18 Å². The largest absolute Gasteiger partial charge is 0.505 e. The Morgan fingerprint density at radius 1 is 0.939 bits per heavy atom. The Hall–Kier alpha value is -5.10. The standard InChI is InChI=1S/C36H30ClF2N3O7/c37-19-8-6-18(7-9-19)36-26(33(47)42(35(36)49)40-21-12-10-20(38)11-13-21)17-25-22(30(36)24-3-1-4-27(39)31(24)45)14-15-23-29(25)34(48)41(32(23)46)16-2-5-28(43)44/h1,3-4,6-14,23,25-26,29-30,40,45H,2,5,15-17H2,(H,43,44). The molecular weight excluding hydrogens is 660 g/mol. The van der Waals surface area contributed by atoms with Crippen molar-refractivity contribution in [3.63, 3.8) is 0 Å². The average Bonchev–Trinajstić information content (AvgIpc) is 3.44. The van der Waals surface area contributed by atoms with Crippen LogP contribution in [0, 0.1) is 35.3 Å². The van der Waals surface area contributed by atoms with Gasteiger partial charge < -0.3 is 10.2 Å². The fraction of sp³-hybridized carbons (Fsp3) is 0.306. The Morgan fingerprint density at radius 3 is 2.35 bits per heavy atom. The van der Waals surface area contributed by atoms with Crippen LogP contribution in [0.5, 0.6) is 5.75 Å². The summed E-state index contributed by atoms with van der Waals surface area (Å²) in [5.41, 5.74) is 2.17. The maximum atomic E-state index is 15.2. The van der Waals surface area contributed by atoms with Crippen LogP contribution in [0.1, 0.15) is 42.7 Å². The third-order valence-corrected chi connectivity index (χ3v) is 10.7. The van der Waals surface area contributed by atoms with Crippen LogP contribution in [0.15, 0.2) is 78.4 Å². The highest BCUT2D eigenvalue weighted by atomic mass is 35.5. The molecule has 252 valence electrons. The Labute approximate surface area is 283 Å². The van der Waals surface area contributed by atoms with Crippen LogP contribution >= 0.6 is 11.6 Å². The molecule has 0 bridgehead atoms. The van der Waals surface area contributed by atoms with E-state index in [1.54, 1.807) is 30.3 Å². The molecule has 2 heterocycles. The molecule has 3 aromatic carbocycles. The molecule has 3 N–H and O–H groups in total. The average molecular weight is 690 g/mol. The molecule has 3 fully saturated rings. The lowest BCUT2D eigenvalue weighted by Crippen LogP contribution is -2.53. The molecule has 2 aliphatic carbocycles. The Balaban J connectivity index is 1.41. The third kappa shape index (κ3) is 4.99. The number of carboxylic acid groups (broad SMARTS) is 1. The Kier molecular flexibility index (Phi) is 8.01. The number of anilines is 1. The molecule has 6 unspecified atom stereocenters. The molecule has 0 spiro atoms. The molecule has 10 nitrogen and oxygen atoms in total. The predicted octanol–water partition coefficient (Wildman–Crippen LogP) is 5.17. The zero-order chi connectivity index (χ0) is 34.8. The first kappa shape index (κ1) is 32.4. The van der Waals surface area contributed by atoms with Crippen molar-refractivity contribution >= 4 is 46.9 Å². The first-order chi connectivity index (χ1) is 23.4. The first-order valence-corrected chi connectivity index (χ1v) is 16.2. The van der Waals surface area contributed by atoms with E-state index in [2.05, 4.69) is 5.43 Å². The predicted molar refractivity (Wildman–Crippen MR) is 171 cm³/mol. The van der Waals surface area contributed by atoms with E-state index in [0.29, 0.717) is 16.2 Å². The number of phenolic OH excluding ortho intramolecular Hbond substituents is 1. The number of hydrogen-bond acceptors (Lipinski definition) is 7. The number of aliphatic carboxylic acids is 1. The van der Waals surface area contributed by atoms with Gasteiger partial charge in [0.25, 0.3) is 11.8 Å². The molecule has 1 saturated carbocycles. The van der Waals surface area contributed by atoms with Gasteiger partial charge >= 0.3 is 5.97 Å². The molecular formula is C36H30ClF2N3O7. The molecule has 13 heteroatoms. The quantitative estimate of drug-likeness (QED) is 0.217. The fourth-order valence-electron chi connectivity index (χ4n) is 8.44. The number of nitrogens with one attached hydrogen (secondary N) is 1. The summed E-state index contributed by atoms with van der Waals surface area (Å²) >= 11 is 6.26. The number of amides is 4. The number of benzene rings is 3. The van der Waals surface area contributed by atoms with Gasteiger partial charge in [-0.1, -0.05) is 47.5 Å². The van der Waals surface area contributed by atoms with Crippen molar-refractivity contribution < 1.29 is 43.0 Å². The minimum absolute atomic E-state index is 0.0224. The van der Waals surface area contributed by atoms with E-state index in [9.17, 15) is 28.7 Å². The number of allylic oxidation sites excluding steroid dienone is 2. The topological polar surface area (TPSA) is 144 Å². The van der Waals surface area contributed by atoms with Crippen molar-refractivity contribution in [2.45, 2.75) is 37.0 Å². The summed E-state index contributed by atoms with van der Waals surface area (Å²) < 4.78 is 28.9. The number of rotatable bonds is 8. The van der Waals surface area contributed by atoms with Crippen LogP contribution < -0.4 is 5.43 Å². The highest BCUT2D eigenvalue weighted by Crippen LogP contribution is 2.65. The SMILES string of the molecule is O=C(O)CCCN1C(=O)C2CC=C3C(CC4C(=O)N(Nc5ccc(F)cc5)C(=O)C4(c4ccc(Cl)cc4)C3c3cccc(F)c3O)C2C1=O. The van der Waals surface area contributed by atoms with Crippen LogP contribution in [0.2, 0.25) is 5.02 Å². The highest BCUT2D eigenvalue weighted by molar-refractivity contribution is 6.30. The molecule has 3 aromatic rings. The van der Waals surface area contributed by atoms with Gasteiger partial charge in [-0.05, 0) is 73.2 Å². The van der Waals surface area contributed by atoms with Gasteiger partial charge in [0.05, 0.1) is 28.9 Å². The molecule has 6 atom stereocenters. The monoisotopic (exact) mass is 689 g/mol. The minimum Gasteiger partial charge on any atom is -0.505 e. The highest BCUT2D eigenvalue weighted by Gasteiger charge is 2.70. The molecule has 2 aliphatic heterocycles. The van der Waals surface area contributed by atoms with Gasteiger partial charge in [0.1, 0.15) is 5.82 Å². The van der Waals surface area contributed by atoms with Crippen LogP contribution in [0.25, 0.3) is 0 Å². The van der Waals surface area contributed by atoms with Crippen molar-refractivity contribution in [2.24, 2.45) is 23.7 Å². The number of nitrogens with zero attached hydrogens (tertiary/aromatic N) is 2. The lowest BCUT2D eigenvalue weighted by atomic mass is 9.49. The van der Waals surface area contributed by atoms with E-state index in [1.807, 2.05) is 0 Å². The van der Waals surface area contributed by atoms with Gasteiger partial charge in [-0.25, -0.2) is 8.78 Å². The molecule has 7 rings (SSSR count). The fourth-order valence-corrected chi connectivity index (χ4v) is 8.56. The number of carbonyl (C=O) groups excluding carboxylic acids is 4. The second kappa shape index (κ2) is 12.1. The molecule has 0 aromatic heterocycles. The van der Waals surface area contributed by atoms with E-state index in [-0.39, 0.29) is 43.5 Å². The molecule has 2 saturated heterocycles. The lowest BCUT2D eigenvalue weighted by molar-refractivity contribution is -0.142. The zero-order valence-corrected chi connectivity index (χ0v) is 26.6.